The van der Waals surface area contributed by atoms with Gasteiger partial charge in [0, 0.05) is 0 Å². The van der Waals surface area contributed by atoms with Crippen LogP contribution in [0.1, 0.15) is 32.4 Å². The molecule has 18 heavy (non-hydrogen) atoms. The van der Waals surface area contributed by atoms with Crippen LogP contribution in [-0.2, 0) is 4.79 Å². The van der Waals surface area contributed by atoms with Gasteiger partial charge < -0.3 is 20.1 Å². The summed E-state index contributed by atoms with van der Waals surface area (Å²) in [6.45, 7) is 5.01. The first-order chi connectivity index (χ1) is 8.30. The van der Waals surface area contributed by atoms with E-state index in [4.69, 9.17) is 9.84 Å². The van der Waals surface area contributed by atoms with E-state index in [1.165, 1.54) is 32.0 Å². The molecule has 0 saturated heterocycles. The Morgan fingerprint density at radius 3 is 2.56 bits per heavy atom. The van der Waals surface area contributed by atoms with E-state index in [2.05, 4.69) is 0 Å². The molecule has 1 unspecified atom stereocenters. The number of ether oxygens (including phenoxy) is 1. The monoisotopic (exact) mass is 254 g/mol. The van der Waals surface area contributed by atoms with Crippen LogP contribution >= 0.6 is 0 Å². The number of aliphatic hydroxyl groups is 1. The highest BCUT2D eigenvalue weighted by atomic mass is 16.5. The zero-order valence-corrected chi connectivity index (χ0v) is 10.7. The van der Waals surface area contributed by atoms with Crippen molar-refractivity contribution in [3.05, 3.63) is 23.8 Å². The number of aliphatic hydroxyl groups excluding tert-OH is 1. The number of aromatic hydroxyl groups is 1. The lowest BCUT2D eigenvalue weighted by atomic mass is 9.83. The first-order valence-corrected chi connectivity index (χ1v) is 5.67. The second kappa shape index (κ2) is 5.27. The largest absolute Gasteiger partial charge is 0.504 e. The van der Waals surface area contributed by atoms with Crippen molar-refractivity contribution < 1.29 is 24.9 Å². The smallest absolute Gasteiger partial charge is 0.312 e. The summed E-state index contributed by atoms with van der Waals surface area (Å²) in [4.78, 5) is 11.1. The van der Waals surface area contributed by atoms with Crippen molar-refractivity contribution >= 4 is 5.97 Å². The SMILES string of the molecule is CCOc1cc(C(O)C(C)(C)C(=O)O)ccc1O. The topological polar surface area (TPSA) is 87.0 Å². The zero-order valence-electron chi connectivity index (χ0n) is 10.7. The van der Waals surface area contributed by atoms with E-state index in [-0.39, 0.29) is 11.5 Å². The summed E-state index contributed by atoms with van der Waals surface area (Å²) in [6, 6.07) is 4.31. The maximum absolute atomic E-state index is 11.1. The number of rotatable bonds is 5. The fourth-order valence-electron chi connectivity index (χ4n) is 1.51. The van der Waals surface area contributed by atoms with Crippen LogP contribution in [0, 0.1) is 5.41 Å². The second-order valence-corrected chi connectivity index (χ2v) is 4.59. The molecule has 100 valence electrons. The Kier molecular flexibility index (Phi) is 4.19. The normalized spacial score (nSPS) is 13.1. The van der Waals surface area contributed by atoms with Crippen LogP contribution in [0.5, 0.6) is 11.5 Å². The molecule has 1 aromatic carbocycles. The Balaban J connectivity index is 3.10. The molecule has 1 atom stereocenters. The van der Waals surface area contributed by atoms with Gasteiger partial charge in [-0.15, -0.1) is 0 Å². The van der Waals surface area contributed by atoms with Gasteiger partial charge in [-0.25, -0.2) is 0 Å². The number of aliphatic carboxylic acids is 1. The number of carbonyl (C=O) groups is 1. The average molecular weight is 254 g/mol. The van der Waals surface area contributed by atoms with Gasteiger partial charge in [-0.1, -0.05) is 6.07 Å². The van der Waals surface area contributed by atoms with Crippen LogP contribution in [0.25, 0.3) is 0 Å². The fraction of sp³-hybridized carbons (Fsp3) is 0.462. The highest BCUT2D eigenvalue weighted by Gasteiger charge is 2.37. The summed E-state index contributed by atoms with van der Waals surface area (Å²) in [5.74, 6) is -0.905. The van der Waals surface area contributed by atoms with Crippen LogP contribution in [0.15, 0.2) is 18.2 Å². The van der Waals surface area contributed by atoms with E-state index in [9.17, 15) is 15.0 Å². The van der Waals surface area contributed by atoms with Crippen molar-refractivity contribution in [3.8, 4) is 11.5 Å². The molecule has 0 bridgehead atoms. The van der Waals surface area contributed by atoms with Gasteiger partial charge in [0.15, 0.2) is 11.5 Å². The number of benzene rings is 1. The first kappa shape index (κ1) is 14.3. The van der Waals surface area contributed by atoms with E-state index in [0.717, 1.165) is 0 Å². The third kappa shape index (κ3) is 2.73. The van der Waals surface area contributed by atoms with E-state index >= 15 is 0 Å². The standard InChI is InChI=1S/C13H18O5/c1-4-18-10-7-8(5-6-9(10)14)11(15)13(2,3)12(16)17/h5-7,11,14-15H,4H2,1-3H3,(H,16,17). The Morgan fingerprint density at radius 2 is 2.06 bits per heavy atom. The van der Waals surface area contributed by atoms with Crippen molar-refractivity contribution in [2.75, 3.05) is 6.61 Å². The van der Waals surface area contributed by atoms with Crippen LogP contribution in [0.2, 0.25) is 0 Å². The molecule has 5 nitrogen and oxygen atoms in total. The third-order valence-electron chi connectivity index (χ3n) is 2.83. The Morgan fingerprint density at radius 1 is 1.44 bits per heavy atom. The molecule has 0 aliphatic heterocycles. The Bertz CT molecular complexity index is 439. The number of hydrogen-bond acceptors (Lipinski definition) is 4. The molecule has 0 aliphatic rings. The van der Waals surface area contributed by atoms with E-state index in [0.29, 0.717) is 12.2 Å². The van der Waals surface area contributed by atoms with E-state index < -0.39 is 17.5 Å². The summed E-state index contributed by atoms with van der Waals surface area (Å²) >= 11 is 0. The lowest BCUT2D eigenvalue weighted by molar-refractivity contribution is -0.153. The predicted molar refractivity (Wildman–Crippen MR) is 65.7 cm³/mol. The quantitative estimate of drug-likeness (QED) is 0.747. The molecule has 0 aromatic heterocycles. The summed E-state index contributed by atoms with van der Waals surface area (Å²) in [7, 11) is 0. The van der Waals surface area contributed by atoms with Crippen LogP contribution in [0.3, 0.4) is 0 Å². The summed E-state index contributed by atoms with van der Waals surface area (Å²) in [5, 5.41) is 28.7. The molecule has 0 amide bonds. The lowest BCUT2D eigenvalue weighted by Crippen LogP contribution is -2.31. The van der Waals surface area contributed by atoms with Crippen molar-refractivity contribution in [2.45, 2.75) is 26.9 Å². The molecule has 1 aromatic rings. The van der Waals surface area contributed by atoms with Crippen LogP contribution in [0.4, 0.5) is 0 Å². The van der Waals surface area contributed by atoms with Crippen molar-refractivity contribution in [3.63, 3.8) is 0 Å². The Labute approximate surface area is 106 Å². The van der Waals surface area contributed by atoms with Gasteiger partial charge in [-0.05, 0) is 38.5 Å². The number of carboxylic acid groups (broad SMARTS) is 1. The van der Waals surface area contributed by atoms with Gasteiger partial charge in [0.05, 0.1) is 18.1 Å². The van der Waals surface area contributed by atoms with E-state index in [1.807, 2.05) is 0 Å². The van der Waals surface area contributed by atoms with Crippen LogP contribution in [-0.4, -0.2) is 27.9 Å². The number of phenolic OH excluding ortho intramolecular Hbond substituents is 1. The van der Waals surface area contributed by atoms with Gasteiger partial charge in [0.25, 0.3) is 0 Å². The van der Waals surface area contributed by atoms with Gasteiger partial charge >= 0.3 is 5.97 Å². The molecule has 0 fully saturated rings. The predicted octanol–water partition coefficient (Wildman–Crippen LogP) is 1.94. The van der Waals surface area contributed by atoms with E-state index in [1.54, 1.807) is 6.92 Å². The molecule has 1 rings (SSSR count). The molecular weight excluding hydrogens is 236 g/mol. The molecule has 0 heterocycles. The number of phenols is 1. The van der Waals surface area contributed by atoms with Gasteiger partial charge in [0.2, 0.25) is 0 Å². The molecule has 3 N–H and O–H groups in total. The summed E-state index contributed by atoms with van der Waals surface area (Å²) in [5.41, 5.74) is -0.927. The van der Waals surface area contributed by atoms with Crippen molar-refractivity contribution in [1.82, 2.24) is 0 Å². The van der Waals surface area contributed by atoms with Gasteiger partial charge in [-0.2, -0.15) is 0 Å². The summed E-state index contributed by atoms with van der Waals surface area (Å²) in [6.07, 6.45) is -1.19. The first-order valence-electron chi connectivity index (χ1n) is 5.67. The highest BCUT2D eigenvalue weighted by Crippen LogP contribution is 2.37. The molecule has 0 aliphatic carbocycles. The number of hydrogen-bond donors (Lipinski definition) is 3. The second-order valence-electron chi connectivity index (χ2n) is 4.59. The molecule has 0 saturated carbocycles. The molecule has 0 radical (unpaired) electrons. The van der Waals surface area contributed by atoms with Gasteiger partial charge in [0.1, 0.15) is 0 Å². The minimum atomic E-state index is -1.32. The van der Waals surface area contributed by atoms with Gasteiger partial charge in [-0.3, -0.25) is 4.79 Å². The molecule has 5 heteroatoms. The zero-order chi connectivity index (χ0) is 13.9. The molecule has 0 spiro atoms. The maximum atomic E-state index is 11.1. The van der Waals surface area contributed by atoms with Crippen molar-refractivity contribution in [2.24, 2.45) is 5.41 Å². The maximum Gasteiger partial charge on any atom is 0.312 e. The number of carboxylic acids is 1. The fourth-order valence-corrected chi connectivity index (χ4v) is 1.51. The Hall–Kier alpha value is -1.75. The minimum absolute atomic E-state index is 0.0408. The minimum Gasteiger partial charge on any atom is -0.504 e. The molecular formula is C13H18O5. The highest BCUT2D eigenvalue weighted by molar-refractivity contribution is 5.74. The van der Waals surface area contributed by atoms with Crippen LogP contribution < -0.4 is 4.74 Å². The van der Waals surface area contributed by atoms with Crippen molar-refractivity contribution in [1.29, 1.82) is 0 Å². The summed E-state index contributed by atoms with van der Waals surface area (Å²) < 4.78 is 5.19. The lowest BCUT2D eigenvalue weighted by Gasteiger charge is -2.26. The average Bonchev–Trinajstić information content (AvgIpc) is 2.31. The third-order valence-corrected chi connectivity index (χ3v) is 2.83.